The molecule has 1 amide bonds. The summed E-state index contributed by atoms with van der Waals surface area (Å²) in [4.78, 5) is 18.8. The highest BCUT2D eigenvalue weighted by Crippen LogP contribution is 2.47. The van der Waals surface area contributed by atoms with Crippen LogP contribution >= 0.6 is 34.1 Å². The number of hydrogen-bond donors (Lipinski definition) is 0. The summed E-state index contributed by atoms with van der Waals surface area (Å²) < 4.78 is 6.76. The van der Waals surface area contributed by atoms with Crippen molar-refractivity contribution in [1.29, 1.82) is 0 Å². The van der Waals surface area contributed by atoms with Gasteiger partial charge in [0.1, 0.15) is 0 Å². The Balaban J connectivity index is 1.96. The Morgan fingerprint density at radius 3 is 2.92 bits per heavy atom. The number of fused-ring (bicyclic) bond motifs is 1. The van der Waals surface area contributed by atoms with Crippen LogP contribution in [0.25, 0.3) is 10.1 Å². The fourth-order valence-electron chi connectivity index (χ4n) is 3.02. The minimum Gasteiger partial charge on any atom is -0.263 e. The van der Waals surface area contributed by atoms with E-state index in [4.69, 9.17) is 0 Å². The smallest absolute Gasteiger partial charge is 0.263 e. The number of aromatic nitrogens is 2. The van der Waals surface area contributed by atoms with Crippen LogP contribution in [0.1, 0.15) is 36.8 Å². The van der Waals surface area contributed by atoms with E-state index in [-0.39, 0.29) is 5.91 Å². The Morgan fingerprint density at radius 2 is 2.19 bits per heavy atom. The van der Waals surface area contributed by atoms with Crippen molar-refractivity contribution in [3.63, 3.8) is 0 Å². The van der Waals surface area contributed by atoms with E-state index in [0.717, 1.165) is 34.2 Å². The molecule has 4 rings (SSSR count). The van der Waals surface area contributed by atoms with Crippen molar-refractivity contribution in [2.75, 3.05) is 4.90 Å². The van der Waals surface area contributed by atoms with Crippen LogP contribution in [0.5, 0.6) is 0 Å². The minimum absolute atomic E-state index is 0.251. The number of nitrogens with zero attached hydrogens (tertiary/aromatic N) is 3. The Morgan fingerprint density at radius 1 is 1.38 bits per heavy atom. The molecule has 2 aromatic heterocycles. The van der Waals surface area contributed by atoms with Gasteiger partial charge in [-0.2, -0.15) is 4.37 Å². The molecule has 1 saturated carbocycles. The van der Waals surface area contributed by atoms with Gasteiger partial charge in [-0.3, -0.25) is 14.7 Å². The lowest BCUT2D eigenvalue weighted by Crippen LogP contribution is -2.26. The first kappa shape index (κ1) is 17.4. The van der Waals surface area contributed by atoms with Crippen LogP contribution in [0.2, 0.25) is 0 Å². The SMILES string of the molecule is CC#CC(=O)N(c1cc(C)c(I)cc1C1CC1)c1nsc2cnccc12. The highest BCUT2D eigenvalue weighted by atomic mass is 127. The molecule has 0 bridgehead atoms. The average molecular weight is 473 g/mol. The molecule has 0 unspecified atom stereocenters. The topological polar surface area (TPSA) is 46.1 Å². The molecule has 1 fully saturated rings. The van der Waals surface area contributed by atoms with Gasteiger partial charge in [-0.05, 0) is 102 Å². The van der Waals surface area contributed by atoms with Gasteiger partial charge in [-0.1, -0.05) is 5.92 Å². The Bertz CT molecular complexity index is 1080. The maximum absolute atomic E-state index is 13.0. The molecule has 0 spiro atoms. The maximum Gasteiger partial charge on any atom is 0.308 e. The van der Waals surface area contributed by atoms with Crippen LogP contribution in [0, 0.1) is 22.3 Å². The number of pyridine rings is 1. The molecular weight excluding hydrogens is 457 g/mol. The van der Waals surface area contributed by atoms with Gasteiger partial charge >= 0.3 is 5.91 Å². The normalized spacial score (nSPS) is 13.3. The molecule has 3 aromatic rings. The lowest BCUT2D eigenvalue weighted by atomic mass is 10.0. The van der Waals surface area contributed by atoms with Crippen LogP contribution in [0.3, 0.4) is 0 Å². The number of hydrogen-bond acceptors (Lipinski definition) is 4. The van der Waals surface area contributed by atoms with E-state index in [1.165, 1.54) is 20.7 Å². The summed E-state index contributed by atoms with van der Waals surface area (Å²) in [6, 6.07) is 6.21. The third kappa shape index (κ3) is 3.10. The third-order valence-electron chi connectivity index (χ3n) is 4.47. The van der Waals surface area contributed by atoms with E-state index in [1.54, 1.807) is 24.2 Å². The van der Waals surface area contributed by atoms with Gasteiger partial charge in [0.2, 0.25) is 0 Å². The molecule has 0 N–H and O–H groups in total. The summed E-state index contributed by atoms with van der Waals surface area (Å²) in [5.41, 5.74) is 3.26. The summed E-state index contributed by atoms with van der Waals surface area (Å²) in [7, 11) is 0. The van der Waals surface area contributed by atoms with E-state index >= 15 is 0 Å². The van der Waals surface area contributed by atoms with Crippen molar-refractivity contribution < 1.29 is 4.79 Å². The molecule has 0 saturated heterocycles. The maximum atomic E-state index is 13.0. The zero-order valence-corrected chi connectivity index (χ0v) is 17.4. The average Bonchev–Trinajstić information content (AvgIpc) is 3.39. The number of aryl methyl sites for hydroxylation is 1. The molecule has 26 heavy (non-hydrogen) atoms. The summed E-state index contributed by atoms with van der Waals surface area (Å²) >= 11 is 3.71. The van der Waals surface area contributed by atoms with E-state index in [9.17, 15) is 4.79 Å². The van der Waals surface area contributed by atoms with Gasteiger partial charge in [0.25, 0.3) is 0 Å². The zero-order chi connectivity index (χ0) is 18.3. The minimum atomic E-state index is -0.251. The van der Waals surface area contributed by atoms with E-state index in [2.05, 4.69) is 62.8 Å². The van der Waals surface area contributed by atoms with Gasteiger partial charge in [0.05, 0.1) is 10.4 Å². The van der Waals surface area contributed by atoms with Crippen molar-refractivity contribution in [2.45, 2.75) is 32.6 Å². The first-order chi connectivity index (χ1) is 12.6. The zero-order valence-electron chi connectivity index (χ0n) is 14.4. The van der Waals surface area contributed by atoms with Gasteiger partial charge in [-0.15, -0.1) is 0 Å². The van der Waals surface area contributed by atoms with Crippen molar-refractivity contribution in [1.82, 2.24) is 9.36 Å². The number of amides is 1. The fraction of sp³-hybridized carbons (Fsp3) is 0.250. The molecule has 6 heteroatoms. The molecular formula is C20H16IN3OS. The van der Waals surface area contributed by atoms with Gasteiger partial charge in [0, 0.05) is 21.4 Å². The fourth-order valence-corrected chi connectivity index (χ4v) is 4.24. The van der Waals surface area contributed by atoms with Crippen molar-refractivity contribution in [3.8, 4) is 11.8 Å². The number of halogens is 1. The van der Waals surface area contributed by atoms with E-state index in [0.29, 0.717) is 11.7 Å². The summed E-state index contributed by atoms with van der Waals surface area (Å²) in [5.74, 6) is 6.34. The third-order valence-corrected chi connectivity index (χ3v) is 6.42. The monoisotopic (exact) mass is 473 g/mol. The van der Waals surface area contributed by atoms with Crippen LogP contribution in [-0.4, -0.2) is 15.3 Å². The standard InChI is InChI=1S/C20H16IN3OS/c1-3-4-19(25)24(20-14-7-8-22-11-18(14)26-23-20)17-9-12(2)16(21)10-15(17)13-5-6-13/h7-11,13H,5-6H2,1-2H3. The van der Waals surface area contributed by atoms with Gasteiger partial charge in [0.15, 0.2) is 5.82 Å². The second-order valence-corrected chi connectivity index (χ2v) is 8.30. The number of carbonyl (C=O) groups is 1. The molecule has 2 heterocycles. The Hall–Kier alpha value is -1.98. The predicted molar refractivity (Wildman–Crippen MR) is 114 cm³/mol. The van der Waals surface area contributed by atoms with Crippen LogP contribution < -0.4 is 4.90 Å². The Labute approximate surface area is 169 Å². The molecule has 1 aromatic carbocycles. The number of rotatable bonds is 3. The largest absolute Gasteiger partial charge is 0.308 e. The predicted octanol–water partition coefficient (Wildman–Crippen LogP) is 5.17. The van der Waals surface area contributed by atoms with Crippen molar-refractivity contribution >= 4 is 61.6 Å². The number of anilines is 2. The van der Waals surface area contributed by atoms with Gasteiger partial charge in [-0.25, -0.2) is 0 Å². The number of carbonyl (C=O) groups excluding carboxylic acids is 1. The lowest BCUT2D eigenvalue weighted by Gasteiger charge is -2.23. The van der Waals surface area contributed by atoms with E-state index < -0.39 is 0 Å². The first-order valence-corrected chi connectivity index (χ1v) is 10.2. The van der Waals surface area contributed by atoms with Crippen LogP contribution in [-0.2, 0) is 4.79 Å². The summed E-state index contributed by atoms with van der Waals surface area (Å²) in [6.07, 6.45) is 5.84. The Kier molecular flexibility index (Phi) is 4.67. The quantitative estimate of drug-likeness (QED) is 0.390. The highest BCUT2D eigenvalue weighted by molar-refractivity contribution is 14.1. The van der Waals surface area contributed by atoms with E-state index in [1.807, 2.05) is 6.07 Å². The summed E-state index contributed by atoms with van der Waals surface area (Å²) in [6.45, 7) is 3.75. The number of benzene rings is 1. The van der Waals surface area contributed by atoms with Crippen LogP contribution in [0.15, 0.2) is 30.6 Å². The van der Waals surface area contributed by atoms with Gasteiger partial charge < -0.3 is 0 Å². The molecule has 1 aliphatic rings. The first-order valence-electron chi connectivity index (χ1n) is 8.36. The van der Waals surface area contributed by atoms with Crippen LogP contribution in [0.4, 0.5) is 11.5 Å². The molecule has 0 atom stereocenters. The summed E-state index contributed by atoms with van der Waals surface area (Å²) in [5, 5.41) is 0.925. The lowest BCUT2D eigenvalue weighted by molar-refractivity contribution is -0.112. The molecule has 4 nitrogen and oxygen atoms in total. The molecule has 1 aliphatic carbocycles. The van der Waals surface area contributed by atoms with Crippen molar-refractivity contribution in [2.24, 2.45) is 0 Å². The molecule has 0 radical (unpaired) electrons. The second kappa shape index (κ2) is 6.97. The second-order valence-electron chi connectivity index (χ2n) is 6.33. The molecule has 130 valence electrons. The van der Waals surface area contributed by atoms with Crippen molar-refractivity contribution in [3.05, 3.63) is 45.3 Å². The highest BCUT2D eigenvalue weighted by Gasteiger charge is 2.32. The molecule has 0 aliphatic heterocycles.